The molecule has 4 rings (SSSR count). The third-order valence-corrected chi connectivity index (χ3v) is 4.91. The first-order valence-corrected chi connectivity index (χ1v) is 10.3. The van der Waals surface area contributed by atoms with Crippen molar-refractivity contribution in [1.82, 2.24) is 15.3 Å². The molecule has 0 atom stereocenters. The van der Waals surface area contributed by atoms with Crippen LogP contribution in [0.1, 0.15) is 15.9 Å². The van der Waals surface area contributed by atoms with Crippen molar-refractivity contribution in [3.8, 4) is 34.5 Å². The van der Waals surface area contributed by atoms with Gasteiger partial charge in [-0.05, 0) is 42.0 Å². The Morgan fingerprint density at radius 3 is 2.42 bits per heavy atom. The number of carbonyl (C=O) groups excluding carboxylic acids is 1. The predicted octanol–water partition coefficient (Wildman–Crippen LogP) is 4.88. The molecule has 7 nitrogen and oxygen atoms in total. The lowest BCUT2D eigenvalue weighted by atomic mass is 10.1. The number of rotatable bonds is 8. The first-order valence-electron chi connectivity index (χ1n) is 10.3. The van der Waals surface area contributed by atoms with E-state index in [0.29, 0.717) is 40.9 Å². The number of aromatic nitrogens is 2. The van der Waals surface area contributed by atoms with Crippen molar-refractivity contribution in [1.29, 1.82) is 0 Å². The van der Waals surface area contributed by atoms with Crippen molar-refractivity contribution in [3.05, 3.63) is 96.2 Å². The smallest absolute Gasteiger partial charge is 0.251 e. The van der Waals surface area contributed by atoms with Crippen molar-refractivity contribution < 1.29 is 19.0 Å². The quantitative estimate of drug-likeness (QED) is 0.420. The minimum atomic E-state index is -0.186. The van der Waals surface area contributed by atoms with Crippen LogP contribution in [-0.4, -0.2) is 30.1 Å². The second kappa shape index (κ2) is 10.3. The summed E-state index contributed by atoms with van der Waals surface area (Å²) in [6.07, 6.45) is 1.61. The largest absolute Gasteiger partial charge is 0.497 e. The molecule has 3 aromatic carbocycles. The van der Waals surface area contributed by atoms with Crippen molar-refractivity contribution in [2.45, 2.75) is 6.54 Å². The number of nitrogens with one attached hydrogen (secondary N) is 1. The van der Waals surface area contributed by atoms with Gasteiger partial charge in [-0.2, -0.15) is 4.98 Å². The van der Waals surface area contributed by atoms with Crippen LogP contribution >= 0.6 is 0 Å². The summed E-state index contributed by atoms with van der Waals surface area (Å²) >= 11 is 0. The molecule has 1 heterocycles. The average Bonchev–Trinajstić information content (AvgIpc) is 2.88. The SMILES string of the molecule is COc1ccc(CNC(=O)c2cccc(-c3nccc(Oc4ccccc4OC)n3)c2)cc1. The maximum Gasteiger partial charge on any atom is 0.251 e. The van der Waals surface area contributed by atoms with E-state index in [9.17, 15) is 4.79 Å². The first-order chi connectivity index (χ1) is 16.2. The Labute approximate surface area is 192 Å². The molecule has 7 heteroatoms. The Hall–Kier alpha value is -4.39. The van der Waals surface area contributed by atoms with E-state index < -0.39 is 0 Å². The summed E-state index contributed by atoms with van der Waals surface area (Å²) in [7, 11) is 3.20. The molecule has 0 spiro atoms. The summed E-state index contributed by atoms with van der Waals surface area (Å²) in [4.78, 5) is 21.5. The second-order valence-electron chi connectivity index (χ2n) is 7.08. The topological polar surface area (TPSA) is 82.6 Å². The molecule has 33 heavy (non-hydrogen) atoms. The molecule has 0 bridgehead atoms. The molecule has 1 aromatic heterocycles. The highest BCUT2D eigenvalue weighted by atomic mass is 16.5. The van der Waals surface area contributed by atoms with Gasteiger partial charge < -0.3 is 19.5 Å². The molecular weight excluding hydrogens is 418 g/mol. The van der Waals surface area contributed by atoms with E-state index in [1.54, 1.807) is 50.7 Å². The molecule has 0 unspecified atom stereocenters. The van der Waals surface area contributed by atoms with E-state index in [0.717, 1.165) is 11.3 Å². The summed E-state index contributed by atoms with van der Waals surface area (Å²) in [5.74, 6) is 2.57. The molecule has 0 saturated heterocycles. The fraction of sp³-hybridized carbons (Fsp3) is 0.115. The van der Waals surface area contributed by atoms with Crippen molar-refractivity contribution in [2.75, 3.05) is 14.2 Å². The minimum absolute atomic E-state index is 0.186. The lowest BCUT2D eigenvalue weighted by Gasteiger charge is -2.10. The van der Waals surface area contributed by atoms with Crippen LogP contribution in [0.5, 0.6) is 23.1 Å². The molecule has 1 amide bonds. The van der Waals surface area contributed by atoms with Gasteiger partial charge in [0.15, 0.2) is 17.3 Å². The third-order valence-electron chi connectivity index (χ3n) is 4.91. The number of carbonyl (C=O) groups is 1. The van der Waals surface area contributed by atoms with Crippen LogP contribution in [0, 0.1) is 0 Å². The molecular formula is C26H23N3O4. The summed E-state index contributed by atoms with van der Waals surface area (Å²) in [5.41, 5.74) is 2.20. The molecule has 4 aromatic rings. The molecule has 0 fully saturated rings. The van der Waals surface area contributed by atoms with E-state index in [1.165, 1.54) is 0 Å². The highest BCUT2D eigenvalue weighted by molar-refractivity contribution is 5.95. The first kappa shape index (κ1) is 21.8. The van der Waals surface area contributed by atoms with Crippen LogP contribution in [0.4, 0.5) is 0 Å². The lowest BCUT2D eigenvalue weighted by Crippen LogP contribution is -2.22. The zero-order chi connectivity index (χ0) is 23.0. The highest BCUT2D eigenvalue weighted by Crippen LogP contribution is 2.30. The summed E-state index contributed by atoms with van der Waals surface area (Å²) < 4.78 is 16.4. The fourth-order valence-corrected chi connectivity index (χ4v) is 3.18. The molecule has 1 N–H and O–H groups in total. The Kier molecular flexibility index (Phi) is 6.80. The third kappa shape index (κ3) is 5.46. The van der Waals surface area contributed by atoms with Gasteiger partial charge in [0.05, 0.1) is 14.2 Å². The normalized spacial score (nSPS) is 10.4. The monoisotopic (exact) mass is 441 g/mol. The van der Waals surface area contributed by atoms with Gasteiger partial charge in [-0.3, -0.25) is 4.79 Å². The Morgan fingerprint density at radius 1 is 0.879 bits per heavy atom. The van der Waals surface area contributed by atoms with E-state index in [-0.39, 0.29) is 5.91 Å². The number of hydrogen-bond acceptors (Lipinski definition) is 6. The van der Waals surface area contributed by atoms with E-state index in [2.05, 4.69) is 15.3 Å². The number of ether oxygens (including phenoxy) is 3. The summed E-state index contributed by atoms with van der Waals surface area (Å²) in [6.45, 7) is 0.409. The number of para-hydroxylation sites is 2. The van der Waals surface area contributed by atoms with Crippen LogP contribution in [0.25, 0.3) is 11.4 Å². The van der Waals surface area contributed by atoms with Crippen LogP contribution in [0.2, 0.25) is 0 Å². The fourth-order valence-electron chi connectivity index (χ4n) is 3.18. The Morgan fingerprint density at radius 2 is 1.67 bits per heavy atom. The zero-order valence-electron chi connectivity index (χ0n) is 18.3. The van der Waals surface area contributed by atoms with Gasteiger partial charge in [0.1, 0.15) is 5.75 Å². The number of hydrogen-bond donors (Lipinski definition) is 1. The second-order valence-corrected chi connectivity index (χ2v) is 7.08. The number of nitrogens with zero attached hydrogens (tertiary/aromatic N) is 2. The maximum absolute atomic E-state index is 12.7. The molecule has 0 aliphatic heterocycles. The summed E-state index contributed by atoms with van der Waals surface area (Å²) in [6, 6.07) is 23.7. The number of methoxy groups -OCH3 is 2. The van der Waals surface area contributed by atoms with Crippen LogP contribution < -0.4 is 19.5 Å². The van der Waals surface area contributed by atoms with Crippen LogP contribution in [-0.2, 0) is 6.54 Å². The van der Waals surface area contributed by atoms with E-state index >= 15 is 0 Å². The Balaban J connectivity index is 1.47. The molecule has 0 saturated carbocycles. The van der Waals surface area contributed by atoms with Crippen LogP contribution in [0.3, 0.4) is 0 Å². The van der Waals surface area contributed by atoms with E-state index in [4.69, 9.17) is 14.2 Å². The van der Waals surface area contributed by atoms with Gasteiger partial charge in [-0.15, -0.1) is 0 Å². The van der Waals surface area contributed by atoms with Crippen molar-refractivity contribution in [2.24, 2.45) is 0 Å². The molecule has 0 radical (unpaired) electrons. The van der Waals surface area contributed by atoms with Crippen molar-refractivity contribution >= 4 is 5.91 Å². The summed E-state index contributed by atoms with van der Waals surface area (Å²) in [5, 5.41) is 2.93. The standard InChI is InChI=1S/C26H23N3O4/c1-31-21-12-10-18(11-13-21)17-28-26(30)20-7-5-6-19(16-20)25-27-15-14-24(29-25)33-23-9-4-3-8-22(23)32-2/h3-16H,17H2,1-2H3,(H,28,30). The molecule has 166 valence electrons. The number of benzene rings is 3. The van der Waals surface area contributed by atoms with E-state index in [1.807, 2.05) is 48.5 Å². The predicted molar refractivity (Wildman–Crippen MR) is 125 cm³/mol. The lowest BCUT2D eigenvalue weighted by molar-refractivity contribution is 0.0951. The molecule has 0 aliphatic carbocycles. The van der Waals surface area contributed by atoms with Gasteiger partial charge in [0.25, 0.3) is 5.91 Å². The Bertz CT molecular complexity index is 1240. The minimum Gasteiger partial charge on any atom is -0.497 e. The highest BCUT2D eigenvalue weighted by Gasteiger charge is 2.11. The van der Waals surface area contributed by atoms with Gasteiger partial charge >= 0.3 is 0 Å². The molecule has 0 aliphatic rings. The average molecular weight is 441 g/mol. The van der Waals surface area contributed by atoms with Crippen molar-refractivity contribution in [3.63, 3.8) is 0 Å². The van der Waals surface area contributed by atoms with Gasteiger partial charge in [0, 0.05) is 29.9 Å². The van der Waals surface area contributed by atoms with Gasteiger partial charge in [-0.25, -0.2) is 4.98 Å². The van der Waals surface area contributed by atoms with Gasteiger partial charge in [0.2, 0.25) is 5.88 Å². The van der Waals surface area contributed by atoms with Gasteiger partial charge in [-0.1, -0.05) is 36.4 Å². The maximum atomic E-state index is 12.7. The van der Waals surface area contributed by atoms with Crippen LogP contribution in [0.15, 0.2) is 85.1 Å². The zero-order valence-corrected chi connectivity index (χ0v) is 18.3. The number of amides is 1.